The molecule has 0 fully saturated rings. The van der Waals surface area contributed by atoms with Crippen molar-refractivity contribution in [2.24, 2.45) is 0 Å². The molecule has 0 saturated carbocycles. The van der Waals surface area contributed by atoms with Gasteiger partial charge in [0.05, 0.1) is 13.2 Å². The summed E-state index contributed by atoms with van der Waals surface area (Å²) in [5, 5.41) is 0. The van der Waals surface area contributed by atoms with Gasteiger partial charge in [-0.15, -0.1) is 0 Å². The molecule has 27 heavy (non-hydrogen) atoms. The quantitative estimate of drug-likeness (QED) is 0.696. The van der Waals surface area contributed by atoms with Gasteiger partial charge in [-0.1, -0.05) is 19.1 Å². The van der Waals surface area contributed by atoms with Gasteiger partial charge in [0.1, 0.15) is 5.75 Å². The summed E-state index contributed by atoms with van der Waals surface area (Å²) >= 11 is 0. The summed E-state index contributed by atoms with van der Waals surface area (Å²) in [7, 11) is 1.52. The number of carbonyl (C=O) groups excluding carboxylic acids is 2. The van der Waals surface area contributed by atoms with Crippen molar-refractivity contribution in [3.8, 4) is 17.2 Å². The highest BCUT2D eigenvalue weighted by molar-refractivity contribution is 5.95. The van der Waals surface area contributed by atoms with Crippen molar-refractivity contribution in [2.45, 2.75) is 26.4 Å². The molecule has 0 bridgehead atoms. The number of nitrogens with one attached hydrogen (secondary N) is 2. The fourth-order valence-corrected chi connectivity index (χ4v) is 2.12. The first-order chi connectivity index (χ1) is 13.0. The molecule has 0 spiro atoms. The summed E-state index contributed by atoms with van der Waals surface area (Å²) in [5.41, 5.74) is 5.05. The minimum Gasteiger partial charge on any atom is -0.493 e. The first kappa shape index (κ1) is 20.1. The van der Waals surface area contributed by atoms with Gasteiger partial charge in [-0.05, 0) is 49.7 Å². The smallest absolute Gasteiger partial charge is 0.276 e. The van der Waals surface area contributed by atoms with Gasteiger partial charge in [0.25, 0.3) is 11.8 Å². The van der Waals surface area contributed by atoms with Gasteiger partial charge in [0.15, 0.2) is 18.1 Å². The van der Waals surface area contributed by atoms with Crippen LogP contribution in [0.4, 0.5) is 0 Å². The van der Waals surface area contributed by atoms with Gasteiger partial charge >= 0.3 is 0 Å². The van der Waals surface area contributed by atoms with E-state index >= 15 is 0 Å². The third-order valence-electron chi connectivity index (χ3n) is 3.77. The number of hydrazine groups is 1. The Morgan fingerprint density at radius 3 is 2.30 bits per heavy atom. The maximum Gasteiger partial charge on any atom is 0.276 e. The molecule has 0 aliphatic heterocycles. The minimum atomic E-state index is -0.494. The molecule has 0 radical (unpaired) electrons. The molecule has 0 aliphatic rings. The van der Waals surface area contributed by atoms with Crippen molar-refractivity contribution in [1.29, 1.82) is 0 Å². The summed E-state index contributed by atoms with van der Waals surface area (Å²) in [5.74, 6) is 0.726. The Balaban J connectivity index is 1.80. The van der Waals surface area contributed by atoms with Crippen LogP contribution in [0.3, 0.4) is 0 Å². The largest absolute Gasteiger partial charge is 0.493 e. The average molecular weight is 372 g/mol. The highest BCUT2D eigenvalue weighted by atomic mass is 16.5. The number of ether oxygens (including phenoxy) is 3. The van der Waals surface area contributed by atoms with Crippen LogP contribution in [-0.2, 0) is 4.79 Å². The van der Waals surface area contributed by atoms with Gasteiger partial charge in [0.2, 0.25) is 0 Å². The van der Waals surface area contributed by atoms with Gasteiger partial charge in [-0.3, -0.25) is 20.4 Å². The predicted octanol–water partition coefficient (Wildman–Crippen LogP) is 2.71. The van der Waals surface area contributed by atoms with Gasteiger partial charge < -0.3 is 14.2 Å². The van der Waals surface area contributed by atoms with Crippen LogP contribution < -0.4 is 25.1 Å². The molecule has 1 unspecified atom stereocenters. The zero-order chi connectivity index (χ0) is 19.6. The molecule has 2 N–H and O–H groups in total. The van der Waals surface area contributed by atoms with Crippen molar-refractivity contribution in [1.82, 2.24) is 10.9 Å². The average Bonchev–Trinajstić information content (AvgIpc) is 2.71. The summed E-state index contributed by atoms with van der Waals surface area (Å²) < 4.78 is 16.2. The predicted molar refractivity (Wildman–Crippen MR) is 101 cm³/mol. The van der Waals surface area contributed by atoms with E-state index in [-0.39, 0.29) is 12.7 Å². The van der Waals surface area contributed by atoms with E-state index in [4.69, 9.17) is 14.2 Å². The fraction of sp³-hybridized carbons (Fsp3) is 0.300. The van der Waals surface area contributed by atoms with Crippen LogP contribution >= 0.6 is 0 Å². The Hall–Kier alpha value is -3.22. The van der Waals surface area contributed by atoms with Gasteiger partial charge in [0, 0.05) is 5.56 Å². The molecule has 7 heteroatoms. The van der Waals surface area contributed by atoms with Crippen molar-refractivity contribution in [3.63, 3.8) is 0 Å². The molecule has 2 rings (SSSR count). The summed E-state index contributed by atoms with van der Waals surface area (Å²) in [6.07, 6.45) is 0.998. The lowest BCUT2D eigenvalue weighted by atomic mass is 10.2. The molecule has 0 heterocycles. The second-order valence-corrected chi connectivity index (χ2v) is 5.80. The standard InChI is InChI=1S/C20H24N2O5/c1-4-14(2)27-16-11-9-15(10-12-16)20(24)22-21-19(23)13-26-18-8-6-5-7-17(18)25-3/h5-12,14H,4,13H2,1-3H3,(H,21,23)(H,22,24). The van der Waals surface area contributed by atoms with E-state index in [1.165, 1.54) is 7.11 Å². The van der Waals surface area contributed by atoms with Crippen LogP contribution in [0, 0.1) is 0 Å². The van der Waals surface area contributed by atoms with Gasteiger partial charge in [-0.25, -0.2) is 0 Å². The van der Waals surface area contributed by atoms with Crippen molar-refractivity contribution in [3.05, 3.63) is 54.1 Å². The molecular weight excluding hydrogens is 348 g/mol. The lowest BCUT2D eigenvalue weighted by molar-refractivity contribution is -0.123. The number of para-hydroxylation sites is 2. The number of amides is 2. The molecule has 2 amide bonds. The normalized spacial score (nSPS) is 11.2. The summed E-state index contributed by atoms with van der Waals surface area (Å²) in [4.78, 5) is 23.9. The number of rotatable bonds is 8. The molecule has 144 valence electrons. The second kappa shape index (κ2) is 10.1. The lowest BCUT2D eigenvalue weighted by Gasteiger charge is -2.13. The number of hydrogen-bond donors (Lipinski definition) is 2. The molecule has 2 aromatic rings. The monoisotopic (exact) mass is 372 g/mol. The maximum absolute atomic E-state index is 12.1. The highest BCUT2D eigenvalue weighted by Gasteiger charge is 2.10. The van der Waals surface area contributed by atoms with Crippen molar-refractivity contribution >= 4 is 11.8 Å². The van der Waals surface area contributed by atoms with E-state index < -0.39 is 11.8 Å². The van der Waals surface area contributed by atoms with Crippen LogP contribution in [0.2, 0.25) is 0 Å². The first-order valence-electron chi connectivity index (χ1n) is 8.65. The molecule has 2 aromatic carbocycles. The highest BCUT2D eigenvalue weighted by Crippen LogP contribution is 2.25. The van der Waals surface area contributed by atoms with Crippen LogP contribution in [0.1, 0.15) is 30.6 Å². The van der Waals surface area contributed by atoms with E-state index in [0.29, 0.717) is 22.8 Å². The number of hydrogen-bond acceptors (Lipinski definition) is 5. The van der Waals surface area contributed by atoms with Crippen molar-refractivity contribution < 1.29 is 23.8 Å². The number of methoxy groups -OCH3 is 1. The van der Waals surface area contributed by atoms with Crippen LogP contribution in [0.25, 0.3) is 0 Å². The fourth-order valence-electron chi connectivity index (χ4n) is 2.12. The van der Waals surface area contributed by atoms with E-state index in [1.807, 2.05) is 13.8 Å². The third-order valence-corrected chi connectivity index (χ3v) is 3.77. The summed E-state index contributed by atoms with van der Waals surface area (Å²) in [6, 6.07) is 13.7. The Bertz CT molecular complexity index is 761. The Labute approximate surface area is 158 Å². The zero-order valence-corrected chi connectivity index (χ0v) is 15.7. The SMILES string of the molecule is CCC(C)Oc1ccc(C(=O)NNC(=O)COc2ccccc2OC)cc1. The lowest BCUT2D eigenvalue weighted by Crippen LogP contribution is -2.43. The molecule has 0 aromatic heterocycles. The Kier molecular flexibility index (Phi) is 7.49. The van der Waals surface area contributed by atoms with Gasteiger partial charge in [-0.2, -0.15) is 0 Å². The molecule has 0 saturated heterocycles. The molecule has 1 atom stereocenters. The topological polar surface area (TPSA) is 85.9 Å². The summed E-state index contributed by atoms with van der Waals surface area (Å²) in [6.45, 7) is 3.75. The Morgan fingerprint density at radius 1 is 1.00 bits per heavy atom. The number of carbonyl (C=O) groups is 2. The first-order valence-corrected chi connectivity index (χ1v) is 8.65. The van der Waals surface area contributed by atoms with E-state index in [0.717, 1.165) is 6.42 Å². The maximum atomic E-state index is 12.1. The van der Waals surface area contributed by atoms with Crippen LogP contribution in [0.15, 0.2) is 48.5 Å². The minimum absolute atomic E-state index is 0.104. The van der Waals surface area contributed by atoms with Crippen LogP contribution in [0.5, 0.6) is 17.2 Å². The molecule has 0 aliphatic carbocycles. The number of benzene rings is 2. The van der Waals surface area contributed by atoms with E-state index in [1.54, 1.807) is 48.5 Å². The third kappa shape index (κ3) is 6.22. The molecule has 7 nitrogen and oxygen atoms in total. The molecular formula is C20H24N2O5. The Morgan fingerprint density at radius 2 is 1.67 bits per heavy atom. The van der Waals surface area contributed by atoms with Crippen molar-refractivity contribution in [2.75, 3.05) is 13.7 Å². The zero-order valence-electron chi connectivity index (χ0n) is 15.7. The van der Waals surface area contributed by atoms with E-state index in [2.05, 4.69) is 10.9 Å². The second-order valence-electron chi connectivity index (χ2n) is 5.80. The van der Waals surface area contributed by atoms with Crippen LogP contribution in [-0.4, -0.2) is 31.6 Å². The van der Waals surface area contributed by atoms with E-state index in [9.17, 15) is 9.59 Å².